The Hall–Kier alpha value is -3.00. The van der Waals surface area contributed by atoms with Crippen molar-refractivity contribution in [3.8, 4) is 0 Å². The predicted octanol–water partition coefficient (Wildman–Crippen LogP) is 5.07. The van der Waals surface area contributed by atoms with Gasteiger partial charge in [-0.1, -0.05) is 65.7 Å². The molecule has 0 unspecified atom stereocenters. The third-order valence-corrected chi connectivity index (χ3v) is 4.28. The monoisotopic (exact) mass is 328 g/mol. The van der Waals surface area contributed by atoms with Crippen LogP contribution in [0.5, 0.6) is 0 Å². The summed E-state index contributed by atoms with van der Waals surface area (Å²) in [6.45, 7) is 5.88. The van der Waals surface area contributed by atoms with E-state index in [0.29, 0.717) is 22.3 Å². The molecule has 0 aromatic heterocycles. The highest BCUT2D eigenvalue weighted by atomic mass is 16.1. The van der Waals surface area contributed by atoms with E-state index in [-0.39, 0.29) is 11.6 Å². The first-order valence-corrected chi connectivity index (χ1v) is 8.29. The summed E-state index contributed by atoms with van der Waals surface area (Å²) in [6, 6.07) is 20.3. The van der Waals surface area contributed by atoms with Crippen LogP contribution in [0.4, 0.5) is 0 Å². The average Bonchev–Trinajstić information content (AvgIpc) is 2.60. The standard InChI is InChI=1S/C23H20O2/c1-15-12-16(2)14-20(13-15)22(24)18-8-10-19(11-9-18)23(25)21-7-5-4-6-17(21)3/h4-14H,1-3H3. The fraction of sp³-hybridized carbons (Fsp3) is 0.130. The minimum atomic E-state index is -0.0262. The zero-order valence-corrected chi connectivity index (χ0v) is 14.7. The van der Waals surface area contributed by atoms with Crippen LogP contribution in [0.2, 0.25) is 0 Å². The molecule has 0 spiro atoms. The Bertz CT molecular complexity index is 930. The van der Waals surface area contributed by atoms with Gasteiger partial charge < -0.3 is 0 Å². The van der Waals surface area contributed by atoms with Crippen LogP contribution in [-0.4, -0.2) is 11.6 Å². The molecule has 3 rings (SSSR count). The van der Waals surface area contributed by atoms with Gasteiger partial charge in [-0.3, -0.25) is 9.59 Å². The molecule has 25 heavy (non-hydrogen) atoms. The van der Waals surface area contributed by atoms with Gasteiger partial charge in [-0.2, -0.15) is 0 Å². The van der Waals surface area contributed by atoms with Crippen LogP contribution in [0.25, 0.3) is 0 Å². The van der Waals surface area contributed by atoms with Crippen molar-refractivity contribution in [3.05, 3.63) is 106 Å². The van der Waals surface area contributed by atoms with E-state index >= 15 is 0 Å². The molecule has 0 heterocycles. The Kier molecular flexibility index (Phi) is 4.62. The van der Waals surface area contributed by atoms with Gasteiger partial charge in [0.1, 0.15) is 0 Å². The number of ketones is 2. The Balaban J connectivity index is 1.88. The molecule has 124 valence electrons. The van der Waals surface area contributed by atoms with Crippen molar-refractivity contribution >= 4 is 11.6 Å². The SMILES string of the molecule is Cc1cc(C)cc(C(=O)c2ccc(C(=O)c3ccccc3C)cc2)c1. The topological polar surface area (TPSA) is 34.1 Å². The second kappa shape index (κ2) is 6.86. The van der Waals surface area contributed by atoms with Gasteiger partial charge >= 0.3 is 0 Å². The molecular formula is C23H20O2. The molecule has 2 nitrogen and oxygen atoms in total. The molecule has 3 aromatic carbocycles. The second-order valence-corrected chi connectivity index (χ2v) is 6.43. The van der Waals surface area contributed by atoms with Crippen molar-refractivity contribution in [3.63, 3.8) is 0 Å². The molecule has 0 saturated heterocycles. The summed E-state index contributed by atoms with van der Waals surface area (Å²) >= 11 is 0. The van der Waals surface area contributed by atoms with E-state index in [1.54, 1.807) is 24.3 Å². The molecule has 0 fully saturated rings. The Labute approximate surface area is 148 Å². The molecule has 0 N–H and O–H groups in total. The number of rotatable bonds is 4. The maximum absolute atomic E-state index is 12.7. The Morgan fingerprint density at radius 1 is 0.600 bits per heavy atom. The summed E-state index contributed by atoms with van der Waals surface area (Å²) in [7, 11) is 0. The number of hydrogen-bond acceptors (Lipinski definition) is 2. The quantitative estimate of drug-likeness (QED) is 0.626. The van der Waals surface area contributed by atoms with E-state index in [1.807, 2.05) is 63.2 Å². The number of benzene rings is 3. The lowest BCUT2D eigenvalue weighted by molar-refractivity contribution is 0.102. The zero-order chi connectivity index (χ0) is 18.0. The third kappa shape index (κ3) is 3.58. The lowest BCUT2D eigenvalue weighted by atomic mass is 9.96. The molecule has 0 radical (unpaired) electrons. The summed E-state index contributed by atoms with van der Waals surface area (Å²) in [5, 5.41) is 0. The normalized spacial score (nSPS) is 10.5. The fourth-order valence-electron chi connectivity index (χ4n) is 3.03. The van der Waals surface area contributed by atoms with Crippen molar-refractivity contribution in [2.75, 3.05) is 0 Å². The minimum absolute atomic E-state index is 0.0245. The summed E-state index contributed by atoms with van der Waals surface area (Å²) in [5.41, 5.74) is 5.62. The lowest BCUT2D eigenvalue weighted by Crippen LogP contribution is -2.06. The van der Waals surface area contributed by atoms with Crippen LogP contribution >= 0.6 is 0 Å². The highest BCUT2D eigenvalue weighted by molar-refractivity contribution is 6.12. The molecule has 0 amide bonds. The summed E-state index contributed by atoms with van der Waals surface area (Å²) in [5.74, 6) is -0.0508. The van der Waals surface area contributed by atoms with Gasteiger partial charge in [-0.15, -0.1) is 0 Å². The van der Waals surface area contributed by atoms with Gasteiger partial charge in [0.15, 0.2) is 11.6 Å². The van der Waals surface area contributed by atoms with Gasteiger partial charge in [0, 0.05) is 22.3 Å². The maximum Gasteiger partial charge on any atom is 0.193 e. The molecule has 0 bridgehead atoms. The van der Waals surface area contributed by atoms with Gasteiger partial charge in [-0.25, -0.2) is 0 Å². The first kappa shape index (κ1) is 16.8. The van der Waals surface area contributed by atoms with E-state index in [1.165, 1.54) is 0 Å². The van der Waals surface area contributed by atoms with Gasteiger partial charge in [0.2, 0.25) is 0 Å². The van der Waals surface area contributed by atoms with Crippen molar-refractivity contribution in [2.45, 2.75) is 20.8 Å². The largest absolute Gasteiger partial charge is 0.289 e. The average molecular weight is 328 g/mol. The van der Waals surface area contributed by atoms with Crippen LogP contribution in [0.3, 0.4) is 0 Å². The number of carbonyl (C=O) groups excluding carboxylic acids is 2. The van der Waals surface area contributed by atoms with Crippen LogP contribution in [0.15, 0.2) is 66.7 Å². The summed E-state index contributed by atoms with van der Waals surface area (Å²) in [4.78, 5) is 25.3. The van der Waals surface area contributed by atoms with Gasteiger partial charge in [0.25, 0.3) is 0 Å². The number of aryl methyl sites for hydroxylation is 3. The van der Waals surface area contributed by atoms with Crippen LogP contribution in [0, 0.1) is 20.8 Å². The van der Waals surface area contributed by atoms with Crippen molar-refractivity contribution in [2.24, 2.45) is 0 Å². The van der Waals surface area contributed by atoms with Crippen molar-refractivity contribution in [1.29, 1.82) is 0 Å². The fourth-order valence-corrected chi connectivity index (χ4v) is 3.03. The van der Waals surface area contributed by atoms with E-state index < -0.39 is 0 Å². The summed E-state index contributed by atoms with van der Waals surface area (Å²) < 4.78 is 0. The zero-order valence-electron chi connectivity index (χ0n) is 14.7. The molecule has 3 aromatic rings. The van der Waals surface area contributed by atoms with Crippen molar-refractivity contribution < 1.29 is 9.59 Å². The smallest absolute Gasteiger partial charge is 0.193 e. The molecular weight excluding hydrogens is 308 g/mol. The van der Waals surface area contributed by atoms with Gasteiger partial charge in [0.05, 0.1) is 0 Å². The molecule has 0 saturated carbocycles. The van der Waals surface area contributed by atoms with Crippen LogP contribution in [-0.2, 0) is 0 Å². The van der Waals surface area contributed by atoms with Crippen LogP contribution in [0.1, 0.15) is 48.5 Å². The second-order valence-electron chi connectivity index (χ2n) is 6.43. The molecule has 0 atom stereocenters. The van der Waals surface area contributed by atoms with E-state index in [9.17, 15) is 9.59 Å². The minimum Gasteiger partial charge on any atom is -0.289 e. The third-order valence-electron chi connectivity index (χ3n) is 4.28. The van der Waals surface area contributed by atoms with E-state index in [2.05, 4.69) is 0 Å². The van der Waals surface area contributed by atoms with E-state index in [0.717, 1.165) is 16.7 Å². The predicted molar refractivity (Wildman–Crippen MR) is 100 cm³/mol. The number of hydrogen-bond donors (Lipinski definition) is 0. The highest BCUT2D eigenvalue weighted by Gasteiger charge is 2.14. The Morgan fingerprint density at radius 2 is 1.12 bits per heavy atom. The molecule has 0 aliphatic rings. The maximum atomic E-state index is 12.7. The van der Waals surface area contributed by atoms with E-state index in [4.69, 9.17) is 0 Å². The first-order valence-electron chi connectivity index (χ1n) is 8.29. The van der Waals surface area contributed by atoms with Crippen molar-refractivity contribution in [1.82, 2.24) is 0 Å². The van der Waals surface area contributed by atoms with Crippen LogP contribution < -0.4 is 0 Å². The van der Waals surface area contributed by atoms with Gasteiger partial charge in [-0.05, 0) is 38.5 Å². The Morgan fingerprint density at radius 3 is 1.68 bits per heavy atom. The molecule has 0 aliphatic heterocycles. The lowest BCUT2D eigenvalue weighted by Gasteiger charge is -2.07. The number of carbonyl (C=O) groups is 2. The first-order chi connectivity index (χ1) is 12.0. The highest BCUT2D eigenvalue weighted by Crippen LogP contribution is 2.17. The summed E-state index contributed by atoms with van der Waals surface area (Å²) in [6.07, 6.45) is 0. The molecule has 0 aliphatic carbocycles. The molecule has 2 heteroatoms.